The summed E-state index contributed by atoms with van der Waals surface area (Å²) < 4.78 is 0. The van der Waals surface area contributed by atoms with Crippen molar-refractivity contribution in [3.05, 3.63) is 71.3 Å². The molecule has 148 valence electrons. The minimum atomic E-state index is -0.0425. The standard InChI is InChI=1S/C23H29N3O2/c1-18(2)20-8-10-21(11-9-20)22(27)17-25-12-14-26(15-13-25)23(28)24-16-19-6-4-3-5-7-19/h3-11,18H,12-17H2,1-2H3,(H,24,28). The van der Waals surface area contributed by atoms with E-state index < -0.39 is 0 Å². The molecule has 0 saturated carbocycles. The van der Waals surface area contributed by atoms with Crippen molar-refractivity contribution in [2.45, 2.75) is 26.3 Å². The summed E-state index contributed by atoms with van der Waals surface area (Å²) in [4.78, 5) is 28.8. The number of rotatable bonds is 6. The summed E-state index contributed by atoms with van der Waals surface area (Å²) in [6.07, 6.45) is 0. The quantitative estimate of drug-likeness (QED) is 0.782. The van der Waals surface area contributed by atoms with E-state index in [0.717, 1.165) is 11.1 Å². The Bertz CT molecular complexity index is 779. The van der Waals surface area contributed by atoms with Gasteiger partial charge in [0, 0.05) is 38.3 Å². The molecule has 5 nitrogen and oxygen atoms in total. The number of nitrogens with zero attached hydrogens (tertiary/aromatic N) is 2. The Hall–Kier alpha value is -2.66. The van der Waals surface area contributed by atoms with Crippen LogP contribution in [0.4, 0.5) is 4.79 Å². The number of piperazine rings is 1. The normalized spacial score (nSPS) is 14.9. The molecule has 1 N–H and O–H groups in total. The van der Waals surface area contributed by atoms with Crippen LogP contribution < -0.4 is 5.32 Å². The van der Waals surface area contributed by atoms with E-state index in [4.69, 9.17) is 0 Å². The molecule has 1 fully saturated rings. The molecule has 0 spiro atoms. The van der Waals surface area contributed by atoms with Crippen LogP contribution in [0.3, 0.4) is 0 Å². The molecular weight excluding hydrogens is 350 g/mol. The van der Waals surface area contributed by atoms with E-state index in [-0.39, 0.29) is 11.8 Å². The first-order chi connectivity index (χ1) is 13.5. The fraction of sp³-hybridized carbons (Fsp3) is 0.391. The number of benzene rings is 2. The summed E-state index contributed by atoms with van der Waals surface area (Å²) in [6, 6.07) is 17.8. The highest BCUT2D eigenvalue weighted by Crippen LogP contribution is 2.15. The Morgan fingerprint density at radius 3 is 2.18 bits per heavy atom. The van der Waals surface area contributed by atoms with E-state index in [2.05, 4.69) is 24.1 Å². The second-order valence-electron chi connectivity index (χ2n) is 7.61. The van der Waals surface area contributed by atoms with Gasteiger partial charge in [-0.2, -0.15) is 0 Å². The van der Waals surface area contributed by atoms with Gasteiger partial charge in [-0.25, -0.2) is 4.79 Å². The first kappa shape index (κ1) is 20.1. The van der Waals surface area contributed by atoms with Gasteiger partial charge < -0.3 is 10.2 Å². The summed E-state index contributed by atoms with van der Waals surface area (Å²) in [5.74, 6) is 0.600. The van der Waals surface area contributed by atoms with Crippen molar-refractivity contribution in [2.24, 2.45) is 0 Å². The maximum absolute atomic E-state index is 12.5. The molecule has 2 amide bonds. The second kappa shape index (κ2) is 9.51. The molecule has 0 atom stereocenters. The molecule has 0 bridgehead atoms. The van der Waals surface area contributed by atoms with Crippen molar-refractivity contribution in [3.8, 4) is 0 Å². The molecule has 0 aliphatic carbocycles. The largest absolute Gasteiger partial charge is 0.334 e. The molecule has 28 heavy (non-hydrogen) atoms. The molecule has 2 aromatic rings. The number of nitrogens with one attached hydrogen (secondary N) is 1. The number of carbonyl (C=O) groups is 2. The topological polar surface area (TPSA) is 52.7 Å². The maximum Gasteiger partial charge on any atom is 0.317 e. The molecule has 0 radical (unpaired) electrons. The first-order valence-corrected chi connectivity index (χ1v) is 9.95. The van der Waals surface area contributed by atoms with Crippen molar-refractivity contribution in [1.29, 1.82) is 0 Å². The van der Waals surface area contributed by atoms with Crippen LogP contribution >= 0.6 is 0 Å². The zero-order valence-electron chi connectivity index (χ0n) is 16.7. The van der Waals surface area contributed by atoms with Crippen molar-refractivity contribution >= 4 is 11.8 Å². The van der Waals surface area contributed by atoms with E-state index in [9.17, 15) is 9.59 Å². The summed E-state index contributed by atoms with van der Waals surface area (Å²) in [5, 5.41) is 2.97. The van der Waals surface area contributed by atoms with E-state index in [1.54, 1.807) is 0 Å². The van der Waals surface area contributed by atoms with Gasteiger partial charge in [-0.05, 0) is 17.0 Å². The van der Waals surface area contributed by atoms with Gasteiger partial charge in [0.25, 0.3) is 0 Å². The number of carbonyl (C=O) groups excluding carboxylic acids is 2. The maximum atomic E-state index is 12.5. The average Bonchev–Trinajstić information content (AvgIpc) is 2.73. The van der Waals surface area contributed by atoms with Gasteiger partial charge in [0.05, 0.1) is 6.54 Å². The third-order valence-corrected chi connectivity index (χ3v) is 5.21. The second-order valence-corrected chi connectivity index (χ2v) is 7.61. The minimum absolute atomic E-state index is 0.0425. The third kappa shape index (κ3) is 5.42. The highest BCUT2D eigenvalue weighted by atomic mass is 16.2. The lowest BCUT2D eigenvalue weighted by Gasteiger charge is -2.34. The molecule has 5 heteroatoms. The molecule has 1 heterocycles. The van der Waals surface area contributed by atoms with E-state index in [0.29, 0.717) is 45.2 Å². The Balaban J connectivity index is 1.43. The SMILES string of the molecule is CC(C)c1ccc(C(=O)CN2CCN(C(=O)NCc3ccccc3)CC2)cc1. The Morgan fingerprint density at radius 2 is 1.57 bits per heavy atom. The zero-order chi connectivity index (χ0) is 19.9. The van der Waals surface area contributed by atoms with Crippen LogP contribution in [-0.4, -0.2) is 54.3 Å². The van der Waals surface area contributed by atoms with Gasteiger partial charge in [-0.15, -0.1) is 0 Å². The number of hydrogen-bond donors (Lipinski definition) is 1. The van der Waals surface area contributed by atoms with Crippen molar-refractivity contribution in [1.82, 2.24) is 15.1 Å². The number of ketones is 1. The Labute approximate surface area is 167 Å². The van der Waals surface area contributed by atoms with Crippen molar-refractivity contribution < 1.29 is 9.59 Å². The minimum Gasteiger partial charge on any atom is -0.334 e. The zero-order valence-corrected chi connectivity index (χ0v) is 16.7. The van der Waals surface area contributed by atoms with Crippen molar-refractivity contribution in [2.75, 3.05) is 32.7 Å². The molecule has 3 rings (SSSR count). The van der Waals surface area contributed by atoms with Gasteiger partial charge in [-0.1, -0.05) is 68.4 Å². The highest BCUT2D eigenvalue weighted by molar-refractivity contribution is 5.97. The molecule has 1 saturated heterocycles. The number of amides is 2. The Morgan fingerprint density at radius 1 is 0.929 bits per heavy atom. The van der Waals surface area contributed by atoms with E-state index in [1.165, 1.54) is 5.56 Å². The Kier molecular flexibility index (Phi) is 6.82. The van der Waals surface area contributed by atoms with E-state index >= 15 is 0 Å². The summed E-state index contributed by atoms with van der Waals surface area (Å²) >= 11 is 0. The van der Waals surface area contributed by atoms with Crippen LogP contribution in [0.15, 0.2) is 54.6 Å². The fourth-order valence-electron chi connectivity index (χ4n) is 3.34. The number of hydrogen-bond acceptors (Lipinski definition) is 3. The molecule has 1 aliphatic rings. The monoisotopic (exact) mass is 379 g/mol. The smallest absolute Gasteiger partial charge is 0.317 e. The summed E-state index contributed by atoms with van der Waals surface area (Å²) in [7, 11) is 0. The average molecular weight is 380 g/mol. The summed E-state index contributed by atoms with van der Waals surface area (Å²) in [6.45, 7) is 7.94. The summed E-state index contributed by atoms with van der Waals surface area (Å²) in [5.41, 5.74) is 3.09. The fourth-order valence-corrected chi connectivity index (χ4v) is 3.34. The van der Waals surface area contributed by atoms with Crippen molar-refractivity contribution in [3.63, 3.8) is 0 Å². The van der Waals surface area contributed by atoms with Crippen LogP contribution in [0.25, 0.3) is 0 Å². The predicted molar refractivity (Wildman–Crippen MR) is 112 cm³/mol. The van der Waals surface area contributed by atoms with Crippen LogP contribution in [0.1, 0.15) is 41.3 Å². The molecule has 0 aromatic heterocycles. The van der Waals surface area contributed by atoms with Gasteiger partial charge in [0.15, 0.2) is 5.78 Å². The number of Topliss-reactive ketones (excluding diaryl/α,β-unsaturated/α-hetero) is 1. The number of urea groups is 1. The van der Waals surface area contributed by atoms with E-state index in [1.807, 2.05) is 59.5 Å². The van der Waals surface area contributed by atoms with Gasteiger partial charge in [-0.3, -0.25) is 9.69 Å². The first-order valence-electron chi connectivity index (χ1n) is 9.95. The van der Waals surface area contributed by atoms with Gasteiger partial charge in [0.2, 0.25) is 0 Å². The lowest BCUT2D eigenvalue weighted by Crippen LogP contribution is -2.52. The molecular formula is C23H29N3O2. The van der Waals surface area contributed by atoms with Crippen LogP contribution in [0, 0.1) is 0 Å². The van der Waals surface area contributed by atoms with Crippen LogP contribution in [0.2, 0.25) is 0 Å². The molecule has 0 unspecified atom stereocenters. The lowest BCUT2D eigenvalue weighted by molar-refractivity contribution is 0.0878. The third-order valence-electron chi connectivity index (χ3n) is 5.21. The highest BCUT2D eigenvalue weighted by Gasteiger charge is 2.22. The molecule has 1 aliphatic heterocycles. The van der Waals surface area contributed by atoms with Crippen LogP contribution in [0.5, 0.6) is 0 Å². The lowest BCUT2D eigenvalue weighted by atomic mass is 10.0. The van der Waals surface area contributed by atoms with Gasteiger partial charge in [0.1, 0.15) is 0 Å². The van der Waals surface area contributed by atoms with Gasteiger partial charge >= 0.3 is 6.03 Å². The van der Waals surface area contributed by atoms with Crippen LogP contribution in [-0.2, 0) is 6.54 Å². The molecule has 2 aromatic carbocycles. The predicted octanol–water partition coefficient (Wildman–Crippen LogP) is 3.52.